The molecule has 290 valence electrons. The molecule has 0 radical (unpaired) electrons. The standard InChI is InChI=1S/C52H62N4/c1-7-11-15-41-19-27-45(28-20-41)49-35-36-50(46-29-21-42(22-30-46)16-12-8-2)55(49)53-39(5)40(6)54-56-51(47-31-23-43(24-32-47)17-13-9-3)37-38-52(56)48-33-25-44(26-34-48)18-14-10-4/h19-38H,7-18H2,1-6H3/b53-39+,54-40+. The highest BCUT2D eigenvalue weighted by Crippen LogP contribution is 2.32. The second-order valence-electron chi connectivity index (χ2n) is 15.4. The van der Waals surface area contributed by atoms with Gasteiger partial charge in [-0.25, -0.2) is 9.35 Å². The van der Waals surface area contributed by atoms with E-state index in [-0.39, 0.29) is 0 Å². The van der Waals surface area contributed by atoms with E-state index in [4.69, 9.17) is 10.2 Å². The summed E-state index contributed by atoms with van der Waals surface area (Å²) in [6.45, 7) is 13.2. The van der Waals surface area contributed by atoms with E-state index in [2.05, 4.69) is 172 Å². The van der Waals surface area contributed by atoms with Crippen LogP contribution in [0.5, 0.6) is 0 Å². The predicted molar refractivity (Wildman–Crippen MR) is 242 cm³/mol. The van der Waals surface area contributed by atoms with Crippen LogP contribution in [0.3, 0.4) is 0 Å². The third-order valence-electron chi connectivity index (χ3n) is 11.0. The smallest absolute Gasteiger partial charge is 0.0812 e. The Morgan fingerprint density at radius 2 is 0.554 bits per heavy atom. The number of aromatic nitrogens is 2. The van der Waals surface area contributed by atoms with Crippen LogP contribution < -0.4 is 0 Å². The summed E-state index contributed by atoms with van der Waals surface area (Å²) in [6, 6.07) is 45.0. The number of hydrogen-bond acceptors (Lipinski definition) is 2. The molecule has 0 atom stereocenters. The third-order valence-corrected chi connectivity index (χ3v) is 11.0. The quantitative estimate of drug-likeness (QED) is 0.0741. The normalized spacial score (nSPS) is 12.1. The molecule has 0 N–H and O–H groups in total. The van der Waals surface area contributed by atoms with Gasteiger partial charge in [-0.3, -0.25) is 0 Å². The molecule has 6 aromatic rings. The van der Waals surface area contributed by atoms with E-state index in [1.807, 2.05) is 0 Å². The van der Waals surface area contributed by atoms with Crippen molar-refractivity contribution in [2.24, 2.45) is 10.2 Å². The Kier molecular flexibility index (Phi) is 14.5. The van der Waals surface area contributed by atoms with E-state index >= 15 is 0 Å². The molecule has 0 fully saturated rings. The van der Waals surface area contributed by atoms with Crippen LogP contribution in [-0.2, 0) is 25.7 Å². The van der Waals surface area contributed by atoms with Gasteiger partial charge in [-0.05, 0) is 112 Å². The topological polar surface area (TPSA) is 34.6 Å². The van der Waals surface area contributed by atoms with E-state index in [1.54, 1.807) is 0 Å². The van der Waals surface area contributed by atoms with Gasteiger partial charge in [0.1, 0.15) is 0 Å². The Bertz CT molecular complexity index is 1880. The van der Waals surface area contributed by atoms with Crippen molar-refractivity contribution in [2.75, 3.05) is 0 Å². The maximum Gasteiger partial charge on any atom is 0.0812 e. The second kappa shape index (κ2) is 20.1. The molecule has 0 aliphatic carbocycles. The summed E-state index contributed by atoms with van der Waals surface area (Å²) < 4.78 is 4.25. The second-order valence-corrected chi connectivity index (χ2v) is 15.4. The highest BCUT2D eigenvalue weighted by atomic mass is 15.4. The number of nitrogens with zero attached hydrogens (tertiary/aromatic N) is 4. The molecular formula is C52H62N4. The van der Waals surface area contributed by atoms with Crippen molar-refractivity contribution >= 4 is 11.4 Å². The number of hydrogen-bond donors (Lipinski definition) is 0. The number of benzene rings is 4. The average molecular weight is 743 g/mol. The van der Waals surface area contributed by atoms with Gasteiger partial charge in [0.15, 0.2) is 0 Å². The van der Waals surface area contributed by atoms with Crippen LogP contribution in [0.2, 0.25) is 0 Å². The Hall–Kier alpha value is -5.22. The van der Waals surface area contributed by atoms with Crippen LogP contribution in [0, 0.1) is 0 Å². The first-order valence-corrected chi connectivity index (χ1v) is 21.3. The van der Waals surface area contributed by atoms with Crippen LogP contribution in [0.25, 0.3) is 45.0 Å². The number of unbranched alkanes of at least 4 members (excludes halogenated alkanes) is 4. The fraction of sp³-hybridized carbons (Fsp3) is 0.346. The van der Waals surface area contributed by atoms with Crippen molar-refractivity contribution in [1.82, 2.24) is 9.35 Å². The lowest BCUT2D eigenvalue weighted by Crippen LogP contribution is -2.12. The van der Waals surface area contributed by atoms with Gasteiger partial charge in [-0.15, -0.1) is 0 Å². The van der Waals surface area contributed by atoms with Crippen molar-refractivity contribution in [1.29, 1.82) is 0 Å². The summed E-state index contributed by atoms with van der Waals surface area (Å²) in [5.41, 5.74) is 16.1. The van der Waals surface area contributed by atoms with Crippen molar-refractivity contribution in [2.45, 2.75) is 119 Å². The Balaban J connectivity index is 1.42. The highest BCUT2D eigenvalue weighted by Gasteiger charge is 2.16. The van der Waals surface area contributed by atoms with Crippen molar-refractivity contribution in [3.05, 3.63) is 144 Å². The van der Waals surface area contributed by atoms with Gasteiger partial charge in [-0.2, -0.15) is 10.2 Å². The van der Waals surface area contributed by atoms with Gasteiger partial charge in [-0.1, -0.05) is 150 Å². The van der Waals surface area contributed by atoms with Crippen LogP contribution in [0.4, 0.5) is 0 Å². The highest BCUT2D eigenvalue weighted by molar-refractivity contribution is 6.40. The van der Waals surface area contributed by atoms with Crippen molar-refractivity contribution in [3.8, 4) is 45.0 Å². The zero-order valence-corrected chi connectivity index (χ0v) is 34.8. The van der Waals surface area contributed by atoms with Gasteiger partial charge in [0.05, 0.1) is 34.2 Å². The van der Waals surface area contributed by atoms with E-state index in [1.165, 1.54) is 73.6 Å². The molecule has 0 amide bonds. The molecule has 0 bridgehead atoms. The van der Waals surface area contributed by atoms with Crippen LogP contribution in [-0.4, -0.2) is 20.8 Å². The molecule has 2 aromatic heterocycles. The first-order valence-electron chi connectivity index (χ1n) is 21.3. The minimum atomic E-state index is 0.859. The SMILES string of the molecule is CCCCc1ccc(-c2ccc(-c3ccc(CCCC)cc3)n2/N=C(C)/C(C)=N/n2c(-c3ccc(CCCC)cc3)ccc2-c2ccc(CCCC)cc2)cc1. The molecule has 0 saturated carbocycles. The zero-order valence-electron chi connectivity index (χ0n) is 34.8. The van der Waals surface area contributed by atoms with Gasteiger partial charge in [0.25, 0.3) is 0 Å². The minimum absolute atomic E-state index is 0.859. The maximum absolute atomic E-state index is 5.37. The zero-order chi connectivity index (χ0) is 39.3. The van der Waals surface area contributed by atoms with E-state index in [0.29, 0.717) is 0 Å². The monoisotopic (exact) mass is 742 g/mol. The fourth-order valence-corrected chi connectivity index (χ4v) is 7.28. The van der Waals surface area contributed by atoms with E-state index < -0.39 is 0 Å². The predicted octanol–water partition coefficient (Wildman–Crippen LogP) is 14.5. The summed E-state index contributed by atoms with van der Waals surface area (Å²) in [7, 11) is 0. The van der Waals surface area contributed by atoms with Gasteiger partial charge >= 0.3 is 0 Å². The lowest BCUT2D eigenvalue weighted by molar-refractivity contribution is 0.795. The van der Waals surface area contributed by atoms with Crippen molar-refractivity contribution < 1.29 is 0 Å². The molecule has 6 rings (SSSR count). The molecule has 0 spiro atoms. The molecule has 0 saturated heterocycles. The lowest BCUT2D eigenvalue weighted by atomic mass is 10.0. The molecule has 4 heteroatoms. The molecule has 56 heavy (non-hydrogen) atoms. The molecule has 0 unspecified atom stereocenters. The first kappa shape index (κ1) is 40.4. The molecule has 0 aliphatic heterocycles. The summed E-state index contributed by atoms with van der Waals surface area (Å²) in [4.78, 5) is 0. The molecule has 2 heterocycles. The largest absolute Gasteiger partial charge is 0.232 e. The molecule has 0 aliphatic rings. The Labute approximate surface area is 337 Å². The fourth-order valence-electron chi connectivity index (χ4n) is 7.28. The van der Waals surface area contributed by atoms with Gasteiger partial charge in [0.2, 0.25) is 0 Å². The van der Waals surface area contributed by atoms with E-state index in [0.717, 1.165) is 82.1 Å². The minimum Gasteiger partial charge on any atom is -0.232 e. The summed E-state index contributed by atoms with van der Waals surface area (Å²) in [5, 5.41) is 10.7. The van der Waals surface area contributed by atoms with Gasteiger partial charge in [0, 0.05) is 22.3 Å². The van der Waals surface area contributed by atoms with Crippen LogP contribution in [0.15, 0.2) is 132 Å². The number of rotatable bonds is 19. The lowest BCUT2D eigenvalue weighted by Gasteiger charge is -2.14. The first-order chi connectivity index (χ1) is 27.4. The van der Waals surface area contributed by atoms with Crippen LogP contribution in [0.1, 0.15) is 115 Å². The average Bonchev–Trinajstić information content (AvgIpc) is 3.85. The van der Waals surface area contributed by atoms with E-state index in [9.17, 15) is 0 Å². The van der Waals surface area contributed by atoms with Gasteiger partial charge < -0.3 is 0 Å². The Morgan fingerprint density at radius 1 is 0.339 bits per heavy atom. The maximum atomic E-state index is 5.37. The summed E-state index contributed by atoms with van der Waals surface area (Å²) >= 11 is 0. The third kappa shape index (κ3) is 10.1. The van der Waals surface area contributed by atoms with Crippen molar-refractivity contribution in [3.63, 3.8) is 0 Å². The summed E-state index contributed by atoms with van der Waals surface area (Å²) in [6.07, 6.45) is 14.0. The Morgan fingerprint density at radius 3 is 0.750 bits per heavy atom. The number of aryl methyl sites for hydroxylation is 4. The molecular weight excluding hydrogens is 681 g/mol. The summed E-state index contributed by atoms with van der Waals surface area (Å²) in [5.74, 6) is 0. The van der Waals surface area contributed by atoms with Crippen LogP contribution >= 0.6 is 0 Å². The molecule has 4 aromatic carbocycles. The molecule has 4 nitrogen and oxygen atoms in total.